The van der Waals surface area contributed by atoms with Gasteiger partial charge in [-0.15, -0.1) is 0 Å². The van der Waals surface area contributed by atoms with Crippen LogP contribution in [-0.4, -0.2) is 22.4 Å². The molecule has 2 nitrogen and oxygen atoms in total. The molecule has 0 aromatic carbocycles. The van der Waals surface area contributed by atoms with Crippen LogP contribution in [0.4, 0.5) is 0 Å². The molecule has 0 aliphatic heterocycles. The molecule has 72 valence electrons. The zero-order valence-electron chi connectivity index (χ0n) is 8.08. The van der Waals surface area contributed by atoms with Gasteiger partial charge in [0.05, 0.1) is 5.60 Å². The highest BCUT2D eigenvalue weighted by Gasteiger charge is 2.41. The lowest BCUT2D eigenvalue weighted by Gasteiger charge is -2.23. The summed E-state index contributed by atoms with van der Waals surface area (Å²) in [6.45, 7) is 4.15. The van der Waals surface area contributed by atoms with Gasteiger partial charge < -0.3 is 10.2 Å². The fourth-order valence-electron chi connectivity index (χ4n) is 2.39. The Hall–Kier alpha value is -0.0800. The summed E-state index contributed by atoms with van der Waals surface area (Å²) in [5, 5.41) is 18.9. The van der Waals surface area contributed by atoms with Gasteiger partial charge in [0.2, 0.25) is 0 Å². The van der Waals surface area contributed by atoms with E-state index in [-0.39, 0.29) is 12.5 Å². The van der Waals surface area contributed by atoms with Crippen molar-refractivity contribution >= 4 is 0 Å². The Morgan fingerprint density at radius 2 is 2.17 bits per heavy atom. The van der Waals surface area contributed by atoms with Crippen LogP contribution in [0.1, 0.15) is 39.5 Å². The monoisotopic (exact) mass is 172 g/mol. The Labute approximate surface area is 74.6 Å². The molecular formula is C10H20O2. The van der Waals surface area contributed by atoms with E-state index in [1.54, 1.807) is 0 Å². The van der Waals surface area contributed by atoms with E-state index in [4.69, 9.17) is 5.11 Å². The van der Waals surface area contributed by atoms with E-state index in [1.807, 2.05) is 6.92 Å². The summed E-state index contributed by atoms with van der Waals surface area (Å²) in [7, 11) is 0. The molecule has 12 heavy (non-hydrogen) atoms. The fraction of sp³-hybridized carbons (Fsp3) is 1.00. The van der Waals surface area contributed by atoms with Gasteiger partial charge in [-0.3, -0.25) is 0 Å². The first-order valence-corrected chi connectivity index (χ1v) is 4.93. The zero-order valence-corrected chi connectivity index (χ0v) is 8.08. The number of rotatable bonds is 3. The van der Waals surface area contributed by atoms with Crippen LogP contribution in [-0.2, 0) is 0 Å². The van der Waals surface area contributed by atoms with E-state index in [1.165, 1.54) is 12.8 Å². The minimum atomic E-state index is -0.616. The zero-order chi connectivity index (χ0) is 9.19. The molecule has 2 N–H and O–H groups in total. The summed E-state index contributed by atoms with van der Waals surface area (Å²) in [5.74, 6) is 0.733. The van der Waals surface area contributed by atoms with Gasteiger partial charge >= 0.3 is 0 Å². The first-order chi connectivity index (χ1) is 5.60. The Morgan fingerprint density at radius 1 is 1.50 bits per heavy atom. The highest BCUT2D eigenvalue weighted by Crippen LogP contribution is 2.41. The molecule has 0 amide bonds. The predicted octanol–water partition coefficient (Wildman–Crippen LogP) is 1.56. The first kappa shape index (κ1) is 10.0. The topological polar surface area (TPSA) is 40.5 Å². The van der Waals surface area contributed by atoms with Gasteiger partial charge in [-0.2, -0.15) is 0 Å². The smallest absolute Gasteiger partial charge is 0.0672 e. The van der Waals surface area contributed by atoms with E-state index in [2.05, 4.69) is 6.92 Å². The summed E-state index contributed by atoms with van der Waals surface area (Å²) in [6, 6.07) is 0. The van der Waals surface area contributed by atoms with Gasteiger partial charge in [0.25, 0.3) is 0 Å². The van der Waals surface area contributed by atoms with Gasteiger partial charge in [0.15, 0.2) is 0 Å². The molecule has 0 spiro atoms. The molecule has 1 rings (SSSR count). The predicted molar refractivity (Wildman–Crippen MR) is 48.8 cm³/mol. The minimum Gasteiger partial charge on any atom is -0.396 e. The molecule has 0 bridgehead atoms. The van der Waals surface area contributed by atoms with Gasteiger partial charge in [-0.05, 0) is 25.7 Å². The Bertz CT molecular complexity index is 143. The maximum absolute atomic E-state index is 9.89. The highest BCUT2D eigenvalue weighted by atomic mass is 16.3. The summed E-state index contributed by atoms with van der Waals surface area (Å²) in [5.41, 5.74) is -0.616. The minimum absolute atomic E-state index is 0.106. The largest absolute Gasteiger partial charge is 0.396 e. The average Bonchev–Trinajstić information content (AvgIpc) is 2.25. The molecule has 0 heterocycles. The average molecular weight is 172 g/mol. The lowest BCUT2D eigenvalue weighted by atomic mass is 9.94. The standard InChI is InChI=1S/C10H20O2/c1-3-4-8-5-9(7-11)10(2,12)6-8/h8-9,11-12H,3-7H2,1-2H3/t8-,9+,10+/m1/s1. The summed E-state index contributed by atoms with van der Waals surface area (Å²) < 4.78 is 0. The van der Waals surface area contributed by atoms with Crippen LogP contribution < -0.4 is 0 Å². The quantitative estimate of drug-likeness (QED) is 0.678. The first-order valence-electron chi connectivity index (χ1n) is 4.93. The van der Waals surface area contributed by atoms with Gasteiger partial charge in [-0.25, -0.2) is 0 Å². The van der Waals surface area contributed by atoms with E-state index in [0.717, 1.165) is 12.8 Å². The van der Waals surface area contributed by atoms with Crippen molar-refractivity contribution < 1.29 is 10.2 Å². The third kappa shape index (κ3) is 1.99. The SMILES string of the molecule is CCC[C@@H]1C[C@@H](CO)[C@@](C)(O)C1. The van der Waals surface area contributed by atoms with E-state index < -0.39 is 5.60 Å². The molecule has 0 unspecified atom stereocenters. The molecule has 1 fully saturated rings. The van der Waals surface area contributed by atoms with Crippen LogP contribution in [0.3, 0.4) is 0 Å². The molecule has 0 saturated heterocycles. The number of aliphatic hydroxyl groups excluding tert-OH is 1. The van der Waals surface area contributed by atoms with E-state index in [0.29, 0.717) is 5.92 Å². The Morgan fingerprint density at radius 3 is 2.58 bits per heavy atom. The van der Waals surface area contributed by atoms with Crippen LogP contribution in [0.2, 0.25) is 0 Å². The Balaban J connectivity index is 2.48. The molecule has 1 saturated carbocycles. The molecule has 1 aliphatic carbocycles. The van der Waals surface area contributed by atoms with Crippen molar-refractivity contribution in [3.8, 4) is 0 Å². The fourth-order valence-corrected chi connectivity index (χ4v) is 2.39. The highest BCUT2D eigenvalue weighted by molar-refractivity contribution is 4.92. The van der Waals surface area contributed by atoms with Gasteiger partial charge in [-0.1, -0.05) is 19.8 Å². The molecule has 0 aromatic rings. The van der Waals surface area contributed by atoms with Gasteiger partial charge in [0, 0.05) is 12.5 Å². The second-order valence-corrected chi connectivity index (χ2v) is 4.33. The van der Waals surface area contributed by atoms with E-state index >= 15 is 0 Å². The molecular weight excluding hydrogens is 152 g/mol. The summed E-state index contributed by atoms with van der Waals surface area (Å²) in [4.78, 5) is 0. The van der Waals surface area contributed by atoms with Crippen molar-refractivity contribution in [2.24, 2.45) is 11.8 Å². The van der Waals surface area contributed by atoms with Crippen molar-refractivity contribution in [2.45, 2.75) is 45.1 Å². The van der Waals surface area contributed by atoms with Crippen LogP contribution >= 0.6 is 0 Å². The number of hydrogen-bond donors (Lipinski definition) is 2. The molecule has 0 aromatic heterocycles. The lowest BCUT2D eigenvalue weighted by Crippen LogP contribution is -2.31. The van der Waals surface area contributed by atoms with Crippen LogP contribution in [0, 0.1) is 11.8 Å². The lowest BCUT2D eigenvalue weighted by molar-refractivity contribution is -0.00289. The van der Waals surface area contributed by atoms with Crippen LogP contribution in [0.15, 0.2) is 0 Å². The Kier molecular flexibility index (Phi) is 3.13. The molecule has 1 aliphatic rings. The molecule has 3 atom stereocenters. The second kappa shape index (κ2) is 3.75. The molecule has 0 radical (unpaired) electrons. The van der Waals surface area contributed by atoms with Crippen LogP contribution in [0.5, 0.6) is 0 Å². The normalized spacial score (nSPS) is 42.0. The van der Waals surface area contributed by atoms with Crippen molar-refractivity contribution in [1.82, 2.24) is 0 Å². The summed E-state index contributed by atoms with van der Waals surface area (Å²) in [6.07, 6.45) is 4.23. The number of aliphatic hydroxyl groups is 2. The summed E-state index contributed by atoms with van der Waals surface area (Å²) >= 11 is 0. The van der Waals surface area contributed by atoms with Crippen molar-refractivity contribution in [3.63, 3.8) is 0 Å². The maximum atomic E-state index is 9.89. The third-order valence-corrected chi connectivity index (χ3v) is 3.12. The van der Waals surface area contributed by atoms with E-state index in [9.17, 15) is 5.11 Å². The van der Waals surface area contributed by atoms with Crippen molar-refractivity contribution in [2.75, 3.05) is 6.61 Å². The second-order valence-electron chi connectivity index (χ2n) is 4.33. The maximum Gasteiger partial charge on any atom is 0.0672 e. The van der Waals surface area contributed by atoms with Gasteiger partial charge in [0.1, 0.15) is 0 Å². The number of hydrogen-bond acceptors (Lipinski definition) is 2. The van der Waals surface area contributed by atoms with Crippen molar-refractivity contribution in [1.29, 1.82) is 0 Å². The van der Waals surface area contributed by atoms with Crippen LogP contribution in [0.25, 0.3) is 0 Å². The third-order valence-electron chi connectivity index (χ3n) is 3.12. The van der Waals surface area contributed by atoms with Crippen molar-refractivity contribution in [3.05, 3.63) is 0 Å². The molecule has 2 heteroatoms.